The van der Waals surface area contributed by atoms with E-state index in [1.54, 1.807) is 5.56 Å². The molecular formula is C66H54BN3O. The Kier molecular flexibility index (Phi) is 8.47. The fourth-order valence-electron chi connectivity index (χ4n) is 14.6. The molecule has 9 aromatic carbocycles. The predicted molar refractivity (Wildman–Crippen MR) is 298 cm³/mol. The molecular weight excluding hydrogens is 862 g/mol. The van der Waals surface area contributed by atoms with E-state index in [-0.39, 0.29) is 17.7 Å². The maximum atomic E-state index is 6.44. The van der Waals surface area contributed by atoms with Crippen LogP contribution in [0.25, 0.3) is 44.2 Å². The fourth-order valence-corrected chi connectivity index (χ4v) is 14.6. The average molecular weight is 916 g/mol. The van der Waals surface area contributed by atoms with Gasteiger partial charge in [0, 0.05) is 62.4 Å². The van der Waals surface area contributed by atoms with Crippen molar-refractivity contribution in [2.45, 2.75) is 77.7 Å². The van der Waals surface area contributed by atoms with Gasteiger partial charge in [0.2, 0.25) is 0 Å². The molecule has 71 heavy (non-hydrogen) atoms. The third kappa shape index (κ3) is 5.58. The second-order valence-corrected chi connectivity index (χ2v) is 21.7. The van der Waals surface area contributed by atoms with Gasteiger partial charge in [-0.1, -0.05) is 129 Å². The third-order valence-electron chi connectivity index (χ3n) is 17.8. The molecule has 0 amide bonds. The first-order chi connectivity index (χ1) is 34.7. The van der Waals surface area contributed by atoms with Crippen LogP contribution in [0.1, 0.15) is 72.9 Å². The molecule has 3 aliphatic heterocycles. The van der Waals surface area contributed by atoms with Crippen molar-refractivity contribution in [1.82, 2.24) is 0 Å². The average Bonchev–Trinajstić information content (AvgIpc) is 4.02. The quantitative estimate of drug-likeness (QED) is 0.164. The van der Waals surface area contributed by atoms with E-state index in [1.165, 1.54) is 126 Å². The fraction of sp³-hybridized carbons (Fsp3) is 0.182. The number of aryl methyl sites for hydroxylation is 3. The van der Waals surface area contributed by atoms with E-state index < -0.39 is 0 Å². The molecule has 0 saturated heterocycles. The van der Waals surface area contributed by atoms with Gasteiger partial charge in [-0.25, -0.2) is 0 Å². The Balaban J connectivity index is 1.02. The molecule has 5 aliphatic rings. The molecule has 2 atom stereocenters. The molecule has 15 rings (SSSR count). The van der Waals surface area contributed by atoms with Gasteiger partial charge in [0.1, 0.15) is 11.2 Å². The summed E-state index contributed by atoms with van der Waals surface area (Å²) in [6, 6.07) is 66.8. The van der Waals surface area contributed by atoms with Gasteiger partial charge in [-0.05, 0) is 179 Å². The number of furan rings is 1. The number of anilines is 8. The Morgan fingerprint density at radius 2 is 1.18 bits per heavy atom. The highest BCUT2D eigenvalue weighted by Gasteiger charge is 2.58. The molecule has 1 saturated carbocycles. The van der Waals surface area contributed by atoms with Crippen molar-refractivity contribution in [2.75, 3.05) is 14.7 Å². The number of benzene rings is 9. The van der Waals surface area contributed by atoms with Crippen molar-refractivity contribution in [2.24, 2.45) is 0 Å². The van der Waals surface area contributed by atoms with Gasteiger partial charge in [0.05, 0.1) is 11.2 Å². The number of para-hydroxylation sites is 1. The van der Waals surface area contributed by atoms with Crippen LogP contribution in [0.5, 0.6) is 0 Å². The van der Waals surface area contributed by atoms with E-state index in [4.69, 9.17) is 4.42 Å². The largest absolute Gasteiger partial charge is 0.456 e. The summed E-state index contributed by atoms with van der Waals surface area (Å²) in [6.07, 6.45) is 5.76. The van der Waals surface area contributed by atoms with Crippen LogP contribution in [-0.2, 0) is 11.8 Å². The Hall–Kier alpha value is -7.76. The van der Waals surface area contributed by atoms with Crippen LogP contribution in [0.2, 0.25) is 0 Å². The summed E-state index contributed by atoms with van der Waals surface area (Å²) in [5, 5.41) is 2.25. The molecule has 10 aromatic rings. The van der Waals surface area contributed by atoms with Gasteiger partial charge in [-0.2, -0.15) is 0 Å². The standard InChI is InChI=1S/C66H54BN3O/c1-40-32-42(3)63-58(33-40)70(66(5)31-14-13-30-65(63,66)4)47-25-28-54-57(39-47)69(55-22-15-21-49-48-19-10-9-18-45(48)36-51(49)55)60-35-41(2)34-59-64(60)67(54)53-27-24-44(43-16-7-6-8-17-43)37-56(53)68(59)46-26-29-62-52(38-46)50-20-11-12-23-61(50)71-62/h6-12,15-29,32-35,37-39H,13-14,30-31,36H2,1-5H3. The van der Waals surface area contributed by atoms with Crippen molar-refractivity contribution < 1.29 is 4.42 Å². The molecule has 2 aliphatic carbocycles. The maximum Gasteiger partial charge on any atom is 0.252 e. The molecule has 0 spiro atoms. The minimum Gasteiger partial charge on any atom is -0.456 e. The van der Waals surface area contributed by atoms with E-state index in [2.05, 4.69) is 225 Å². The van der Waals surface area contributed by atoms with Crippen molar-refractivity contribution in [1.29, 1.82) is 0 Å². The van der Waals surface area contributed by atoms with E-state index in [9.17, 15) is 0 Å². The van der Waals surface area contributed by atoms with Crippen molar-refractivity contribution in [3.05, 3.63) is 209 Å². The molecule has 0 N–H and O–H groups in total. The van der Waals surface area contributed by atoms with E-state index in [0.717, 1.165) is 40.5 Å². The highest BCUT2D eigenvalue weighted by Crippen LogP contribution is 2.62. The number of hydrogen-bond acceptors (Lipinski definition) is 4. The van der Waals surface area contributed by atoms with E-state index >= 15 is 0 Å². The monoisotopic (exact) mass is 915 g/mol. The van der Waals surface area contributed by atoms with Crippen LogP contribution in [0, 0.1) is 20.8 Å². The second-order valence-electron chi connectivity index (χ2n) is 21.7. The zero-order valence-corrected chi connectivity index (χ0v) is 41.1. The van der Waals surface area contributed by atoms with E-state index in [0.29, 0.717) is 0 Å². The molecule has 342 valence electrons. The first-order valence-corrected chi connectivity index (χ1v) is 25.8. The SMILES string of the molecule is Cc1cc2c3c(c1)N(c1cccc4c1Cc1ccccc1-4)c1cc(N4c5cc(C)cc(C)c5C5(C)CCCCC45C)ccc1B3c1ccc(-c3ccccc3)cc1N2c1ccc2oc3ccccc3c2c1. The lowest BCUT2D eigenvalue weighted by Gasteiger charge is -2.51. The molecule has 0 bridgehead atoms. The molecule has 5 heteroatoms. The Morgan fingerprint density at radius 1 is 0.493 bits per heavy atom. The molecule has 2 unspecified atom stereocenters. The molecule has 1 aromatic heterocycles. The predicted octanol–water partition coefficient (Wildman–Crippen LogP) is 15.6. The lowest BCUT2D eigenvalue weighted by atomic mass is 9.33. The number of nitrogens with zero attached hydrogens (tertiary/aromatic N) is 3. The topological polar surface area (TPSA) is 22.9 Å². The number of rotatable bonds is 4. The molecule has 4 nitrogen and oxygen atoms in total. The highest BCUT2D eigenvalue weighted by atomic mass is 16.3. The summed E-state index contributed by atoms with van der Waals surface area (Å²) in [4.78, 5) is 8.03. The summed E-state index contributed by atoms with van der Waals surface area (Å²) in [7, 11) is 0. The minimum absolute atomic E-state index is 0.0182. The van der Waals surface area contributed by atoms with E-state index in [1.807, 2.05) is 0 Å². The first-order valence-electron chi connectivity index (χ1n) is 25.8. The van der Waals surface area contributed by atoms with Crippen molar-refractivity contribution in [3.8, 4) is 22.3 Å². The van der Waals surface area contributed by atoms with Crippen LogP contribution < -0.4 is 31.1 Å². The minimum atomic E-state index is -0.0790. The molecule has 4 heterocycles. The zero-order chi connectivity index (χ0) is 47.5. The van der Waals surface area contributed by atoms with Crippen LogP contribution in [0.3, 0.4) is 0 Å². The highest BCUT2D eigenvalue weighted by molar-refractivity contribution is 7.00. The normalized spacial score (nSPS) is 19.1. The number of fused-ring (bicyclic) bond motifs is 13. The van der Waals surface area contributed by atoms with Crippen LogP contribution in [0.15, 0.2) is 180 Å². The van der Waals surface area contributed by atoms with Gasteiger partial charge >= 0.3 is 0 Å². The van der Waals surface area contributed by atoms with Gasteiger partial charge < -0.3 is 19.1 Å². The van der Waals surface area contributed by atoms with Gasteiger partial charge in [0.25, 0.3) is 6.71 Å². The summed E-state index contributed by atoms with van der Waals surface area (Å²) >= 11 is 0. The van der Waals surface area contributed by atoms with Crippen molar-refractivity contribution in [3.63, 3.8) is 0 Å². The third-order valence-corrected chi connectivity index (χ3v) is 17.8. The van der Waals surface area contributed by atoms with Gasteiger partial charge in [-0.15, -0.1) is 0 Å². The Morgan fingerprint density at radius 3 is 2.06 bits per heavy atom. The van der Waals surface area contributed by atoms with Gasteiger partial charge in [-0.3, -0.25) is 0 Å². The summed E-state index contributed by atoms with van der Waals surface area (Å²) in [6.45, 7) is 12.1. The second kappa shape index (κ2) is 14.6. The lowest BCUT2D eigenvalue weighted by molar-refractivity contribution is 0.194. The maximum absolute atomic E-state index is 6.44. The smallest absolute Gasteiger partial charge is 0.252 e. The lowest BCUT2D eigenvalue weighted by Crippen LogP contribution is -2.61. The molecule has 1 fully saturated rings. The van der Waals surface area contributed by atoms with Crippen LogP contribution >= 0.6 is 0 Å². The Bertz CT molecular complexity index is 3930. The van der Waals surface area contributed by atoms with Crippen LogP contribution in [-0.4, -0.2) is 12.3 Å². The summed E-state index contributed by atoms with van der Waals surface area (Å²) in [5.74, 6) is 0. The number of hydrogen-bond donors (Lipinski definition) is 0. The first kappa shape index (κ1) is 41.1. The summed E-state index contributed by atoms with van der Waals surface area (Å²) < 4.78 is 6.44. The van der Waals surface area contributed by atoms with Crippen molar-refractivity contribution >= 4 is 90.5 Å². The summed E-state index contributed by atoms with van der Waals surface area (Å²) in [5.41, 5.74) is 29.1. The Labute approximate surface area is 416 Å². The van der Waals surface area contributed by atoms with Gasteiger partial charge in [0.15, 0.2) is 0 Å². The van der Waals surface area contributed by atoms with Crippen LogP contribution in [0.4, 0.5) is 45.5 Å². The molecule has 0 radical (unpaired) electrons. The zero-order valence-electron chi connectivity index (χ0n) is 41.1.